The summed E-state index contributed by atoms with van der Waals surface area (Å²) in [7, 11) is 0. The van der Waals surface area contributed by atoms with Crippen LogP contribution in [0.1, 0.15) is 38.5 Å². The summed E-state index contributed by atoms with van der Waals surface area (Å²) in [6, 6.07) is -1.69. The highest BCUT2D eigenvalue weighted by atomic mass is 32.2. The molecule has 10 heteroatoms. The highest BCUT2D eigenvalue weighted by Gasteiger charge is 2.42. The minimum atomic E-state index is -1.04. The van der Waals surface area contributed by atoms with Gasteiger partial charge in [0.05, 0.1) is 12.1 Å². The number of nitrogens with two attached hydrogens (primary N) is 1. The highest BCUT2D eigenvalue weighted by Crippen LogP contribution is 2.33. The second kappa shape index (κ2) is 9.98. The number of thioether (sulfide) groups is 1. The third-order valence-electron chi connectivity index (χ3n) is 4.87. The number of amides is 2. The molecule has 0 radical (unpaired) electrons. The maximum absolute atomic E-state index is 11.5. The van der Waals surface area contributed by atoms with Crippen LogP contribution in [-0.4, -0.2) is 69.9 Å². The average molecular weight is 388 g/mol. The van der Waals surface area contributed by atoms with E-state index in [9.17, 15) is 24.6 Å². The van der Waals surface area contributed by atoms with Gasteiger partial charge >= 0.3 is 18.0 Å². The van der Waals surface area contributed by atoms with E-state index in [-0.39, 0.29) is 23.4 Å². The molecule has 0 aliphatic carbocycles. The fourth-order valence-electron chi connectivity index (χ4n) is 3.46. The standard InChI is InChI=1S/C16H28N4O5S/c17-7-2-1-4-9(14(21)22)18-10(15(23)24)5-3-6-12-13-11(8-26-12)19-16(25)20-13/h9-13,18H,1-8,17H2,(H,21,22)(H,23,24)(H2,19,20,25)/t9-,10?,11-,12-,13-/m0/s1. The Morgan fingerprint density at radius 3 is 2.42 bits per heavy atom. The molecule has 0 spiro atoms. The van der Waals surface area contributed by atoms with Crippen LogP contribution in [0.25, 0.3) is 0 Å². The molecule has 148 valence electrons. The number of hydrogen-bond donors (Lipinski definition) is 6. The molecule has 2 aliphatic rings. The van der Waals surface area contributed by atoms with Crippen LogP contribution in [0.3, 0.4) is 0 Å². The Morgan fingerprint density at radius 2 is 1.81 bits per heavy atom. The van der Waals surface area contributed by atoms with Crippen LogP contribution < -0.4 is 21.7 Å². The Morgan fingerprint density at radius 1 is 1.15 bits per heavy atom. The van der Waals surface area contributed by atoms with Gasteiger partial charge in [0.15, 0.2) is 0 Å². The Kier molecular flexibility index (Phi) is 7.98. The van der Waals surface area contributed by atoms with Crippen molar-refractivity contribution in [2.45, 2.75) is 67.9 Å². The zero-order valence-corrected chi connectivity index (χ0v) is 15.5. The first-order valence-electron chi connectivity index (χ1n) is 9.02. The molecule has 9 nitrogen and oxygen atoms in total. The maximum atomic E-state index is 11.5. The molecule has 2 amide bonds. The summed E-state index contributed by atoms with van der Waals surface area (Å²) in [4.78, 5) is 34.2. The third-order valence-corrected chi connectivity index (χ3v) is 6.37. The minimum Gasteiger partial charge on any atom is -0.480 e. The Balaban J connectivity index is 1.79. The molecule has 1 unspecified atom stereocenters. The molecule has 2 rings (SSSR count). The Hall–Kier alpha value is -1.52. The van der Waals surface area contributed by atoms with Crippen molar-refractivity contribution in [1.82, 2.24) is 16.0 Å². The second-order valence-electron chi connectivity index (χ2n) is 6.79. The molecule has 0 aromatic carbocycles. The van der Waals surface area contributed by atoms with E-state index in [1.807, 2.05) is 0 Å². The molecule has 2 fully saturated rings. The summed E-state index contributed by atoms with van der Waals surface area (Å²) in [5.41, 5.74) is 5.42. The molecule has 2 saturated heterocycles. The zero-order valence-electron chi connectivity index (χ0n) is 14.6. The largest absolute Gasteiger partial charge is 0.480 e. The molecular weight excluding hydrogens is 360 g/mol. The van der Waals surface area contributed by atoms with Crippen LogP contribution in [0, 0.1) is 0 Å². The molecule has 2 heterocycles. The summed E-state index contributed by atoms with van der Waals surface area (Å²) in [5.74, 6) is -1.22. The fraction of sp³-hybridized carbons (Fsp3) is 0.812. The lowest BCUT2D eigenvalue weighted by molar-refractivity contribution is -0.142. The predicted octanol–water partition coefficient (Wildman–Crippen LogP) is -0.0529. The molecule has 7 N–H and O–H groups in total. The SMILES string of the molecule is NCCCC[C@H](NC(CCC[C@@H]1SC[C@@H]2NC(=O)N[C@@H]21)C(=O)O)C(=O)O. The Labute approximate surface area is 156 Å². The number of hydrogen-bond acceptors (Lipinski definition) is 6. The van der Waals surface area contributed by atoms with Gasteiger partial charge in [0.2, 0.25) is 0 Å². The lowest BCUT2D eigenvalue weighted by Crippen LogP contribution is -2.47. The smallest absolute Gasteiger partial charge is 0.320 e. The van der Waals surface area contributed by atoms with Gasteiger partial charge in [-0.1, -0.05) is 12.8 Å². The third kappa shape index (κ3) is 5.75. The number of carbonyl (C=O) groups is 3. The van der Waals surface area contributed by atoms with E-state index < -0.39 is 24.0 Å². The lowest BCUT2D eigenvalue weighted by Gasteiger charge is -2.22. The number of fused-ring (bicyclic) bond motifs is 1. The Bertz CT molecular complexity index is 521. The van der Waals surface area contributed by atoms with Crippen LogP contribution in [0.15, 0.2) is 0 Å². The quantitative estimate of drug-likeness (QED) is 0.201. The van der Waals surface area contributed by atoms with E-state index in [4.69, 9.17) is 5.73 Å². The number of carboxylic acids is 2. The first-order chi connectivity index (χ1) is 12.4. The lowest BCUT2D eigenvalue weighted by atomic mass is 10.0. The number of unbranched alkanes of at least 4 members (excludes halogenated alkanes) is 1. The fourth-order valence-corrected chi connectivity index (χ4v) is 5.00. The predicted molar refractivity (Wildman–Crippen MR) is 98.2 cm³/mol. The van der Waals surface area contributed by atoms with Crippen molar-refractivity contribution < 1.29 is 24.6 Å². The number of rotatable bonds is 12. The molecule has 2 aliphatic heterocycles. The number of carbonyl (C=O) groups excluding carboxylic acids is 1. The summed E-state index contributed by atoms with van der Waals surface area (Å²) in [6.07, 6.45) is 3.49. The van der Waals surface area contributed by atoms with Crippen molar-refractivity contribution in [2.24, 2.45) is 5.73 Å². The van der Waals surface area contributed by atoms with Gasteiger partial charge < -0.3 is 26.6 Å². The van der Waals surface area contributed by atoms with Crippen LogP contribution in [0.2, 0.25) is 0 Å². The molecule has 5 atom stereocenters. The maximum Gasteiger partial charge on any atom is 0.320 e. The summed E-state index contributed by atoms with van der Waals surface area (Å²) in [6.45, 7) is 0.487. The van der Waals surface area contributed by atoms with E-state index in [2.05, 4.69) is 16.0 Å². The van der Waals surface area contributed by atoms with Crippen molar-refractivity contribution in [3.05, 3.63) is 0 Å². The van der Waals surface area contributed by atoms with E-state index in [0.29, 0.717) is 38.6 Å². The van der Waals surface area contributed by atoms with Crippen LogP contribution in [0.5, 0.6) is 0 Å². The van der Waals surface area contributed by atoms with Gasteiger partial charge in [-0.05, 0) is 32.2 Å². The zero-order chi connectivity index (χ0) is 19.1. The van der Waals surface area contributed by atoms with Gasteiger partial charge in [-0.15, -0.1) is 0 Å². The molecular formula is C16H28N4O5S. The van der Waals surface area contributed by atoms with Gasteiger partial charge in [-0.25, -0.2) is 4.79 Å². The van der Waals surface area contributed by atoms with Crippen LogP contribution >= 0.6 is 11.8 Å². The topological polar surface area (TPSA) is 154 Å². The summed E-state index contributed by atoms with van der Waals surface area (Å²) in [5, 5.41) is 27.5. The van der Waals surface area contributed by atoms with Gasteiger partial charge in [0.1, 0.15) is 12.1 Å². The van der Waals surface area contributed by atoms with Crippen molar-refractivity contribution in [2.75, 3.05) is 12.3 Å². The van der Waals surface area contributed by atoms with E-state index in [1.165, 1.54) is 0 Å². The molecule has 0 aromatic rings. The molecule has 26 heavy (non-hydrogen) atoms. The number of carboxylic acid groups (broad SMARTS) is 2. The second-order valence-corrected chi connectivity index (χ2v) is 8.06. The van der Waals surface area contributed by atoms with Crippen molar-refractivity contribution in [3.63, 3.8) is 0 Å². The van der Waals surface area contributed by atoms with Gasteiger partial charge in [-0.2, -0.15) is 11.8 Å². The van der Waals surface area contributed by atoms with Gasteiger partial charge in [0, 0.05) is 11.0 Å². The minimum absolute atomic E-state index is 0.0896. The van der Waals surface area contributed by atoms with Crippen molar-refractivity contribution in [1.29, 1.82) is 0 Å². The molecule has 0 saturated carbocycles. The summed E-state index contributed by atoms with van der Waals surface area (Å²) < 4.78 is 0. The number of nitrogens with one attached hydrogen (secondary N) is 3. The monoisotopic (exact) mass is 388 g/mol. The summed E-state index contributed by atoms with van der Waals surface area (Å²) >= 11 is 1.78. The van der Waals surface area contributed by atoms with Gasteiger partial charge in [0.25, 0.3) is 0 Å². The van der Waals surface area contributed by atoms with Crippen molar-refractivity contribution in [3.8, 4) is 0 Å². The molecule has 0 aromatic heterocycles. The average Bonchev–Trinajstić information content (AvgIpc) is 3.11. The van der Waals surface area contributed by atoms with E-state index in [1.54, 1.807) is 11.8 Å². The van der Waals surface area contributed by atoms with Crippen LogP contribution in [-0.2, 0) is 9.59 Å². The van der Waals surface area contributed by atoms with Gasteiger partial charge in [-0.3, -0.25) is 14.9 Å². The van der Waals surface area contributed by atoms with Crippen molar-refractivity contribution >= 4 is 29.7 Å². The number of aliphatic carboxylic acids is 2. The van der Waals surface area contributed by atoms with E-state index in [0.717, 1.165) is 12.2 Å². The first kappa shape index (κ1) is 20.8. The van der Waals surface area contributed by atoms with Crippen LogP contribution in [0.4, 0.5) is 4.79 Å². The van der Waals surface area contributed by atoms with E-state index >= 15 is 0 Å². The molecule has 0 bridgehead atoms. The highest BCUT2D eigenvalue weighted by molar-refractivity contribution is 8.00. The first-order valence-corrected chi connectivity index (χ1v) is 10.1. The normalized spacial score (nSPS) is 26.7. The number of urea groups is 1.